The number of likely N-dealkylation sites (tertiary alicyclic amines) is 1. The summed E-state index contributed by atoms with van der Waals surface area (Å²) in [5.74, 6) is 4.10. The van der Waals surface area contributed by atoms with E-state index in [-0.39, 0.29) is 17.0 Å². The molecule has 0 amide bonds. The van der Waals surface area contributed by atoms with Gasteiger partial charge in [-0.05, 0) is 150 Å². The lowest BCUT2D eigenvalue weighted by Gasteiger charge is -2.35. The fourth-order valence-electron chi connectivity index (χ4n) is 10.8. The standard InChI is InChI=1S/C47H55BrN4OS/c1-29(24-40(49)34-13-15-35(16-14-34)44-31(3)30(2)8-7-23-54-44)28-51-21-19-32(20-22-51)36-17-18-41-37(25-36)26-47(27-38(47)33-9-4-5-10-33)46-50-45(53)43-39(48)11-6-12-42(43)52(41)46/h6-7,11-18,23,25,29-30,32-33,38,40H,4-5,8-10,19-22,24,26-28,49H2,1-3H3/t29-,30?,38?,40+,47?/m1/s1. The minimum absolute atomic E-state index is 0.0144. The number of fused-ring (bicyclic) bond motifs is 6. The summed E-state index contributed by atoms with van der Waals surface area (Å²) in [4.78, 5) is 22.5. The van der Waals surface area contributed by atoms with Crippen molar-refractivity contribution in [3.63, 3.8) is 0 Å². The molecule has 7 heteroatoms. The van der Waals surface area contributed by atoms with Crippen molar-refractivity contribution in [1.29, 1.82) is 0 Å². The van der Waals surface area contributed by atoms with Crippen LogP contribution in [-0.4, -0.2) is 34.1 Å². The fraction of sp³-hybridized carbons (Fsp3) is 0.489. The van der Waals surface area contributed by atoms with Crippen LogP contribution in [0, 0.1) is 23.7 Å². The van der Waals surface area contributed by atoms with Crippen LogP contribution in [-0.2, 0) is 11.8 Å². The van der Waals surface area contributed by atoms with E-state index in [1.165, 1.54) is 76.9 Å². The molecule has 54 heavy (non-hydrogen) atoms. The molecule has 0 radical (unpaired) electrons. The van der Waals surface area contributed by atoms with E-state index in [0.29, 0.717) is 29.1 Å². The lowest BCUT2D eigenvalue weighted by atomic mass is 9.81. The minimum atomic E-state index is -0.0951. The van der Waals surface area contributed by atoms with Gasteiger partial charge in [0.2, 0.25) is 0 Å². The van der Waals surface area contributed by atoms with E-state index in [4.69, 9.17) is 10.7 Å². The summed E-state index contributed by atoms with van der Waals surface area (Å²) in [6.07, 6.45) is 14.3. The molecule has 5 aliphatic rings. The number of rotatable bonds is 8. The SMILES string of the molecule is CC1=C(c2ccc([C@@H](N)C[C@@H](C)CN3CCC(c4ccc5c(c4)CC4(CC4C4CCCC4)c4nc(=O)c6c(Br)cccc6n4-5)CC3)cc2)SC=CCC1C. The van der Waals surface area contributed by atoms with Crippen molar-refractivity contribution in [3.05, 3.63) is 121 Å². The zero-order valence-electron chi connectivity index (χ0n) is 32.2. The number of piperidine rings is 1. The normalized spacial score (nSPS) is 25.9. The molecule has 5 atom stereocenters. The number of nitrogens with zero attached hydrogens (tertiary/aromatic N) is 3. The molecule has 3 unspecified atom stereocenters. The van der Waals surface area contributed by atoms with Crippen LogP contribution in [0.2, 0.25) is 0 Å². The maximum absolute atomic E-state index is 13.5. The molecule has 1 aromatic heterocycles. The van der Waals surface area contributed by atoms with Crippen molar-refractivity contribution in [2.75, 3.05) is 19.6 Å². The largest absolute Gasteiger partial charge is 0.324 e. The zero-order valence-corrected chi connectivity index (χ0v) is 34.6. The van der Waals surface area contributed by atoms with Crippen LogP contribution in [0.25, 0.3) is 21.5 Å². The number of benzene rings is 3. The van der Waals surface area contributed by atoms with E-state index in [1.54, 1.807) is 0 Å². The summed E-state index contributed by atoms with van der Waals surface area (Å²) in [5.41, 5.74) is 15.9. The highest BCUT2D eigenvalue weighted by molar-refractivity contribution is 9.10. The van der Waals surface area contributed by atoms with Gasteiger partial charge in [0.05, 0.1) is 16.6 Å². The summed E-state index contributed by atoms with van der Waals surface area (Å²) in [6.45, 7) is 10.4. The van der Waals surface area contributed by atoms with Crippen molar-refractivity contribution >= 4 is 43.5 Å². The summed E-state index contributed by atoms with van der Waals surface area (Å²) < 4.78 is 3.20. The number of halogens is 1. The molecule has 2 saturated carbocycles. The van der Waals surface area contributed by atoms with E-state index in [0.717, 1.165) is 67.0 Å². The summed E-state index contributed by atoms with van der Waals surface area (Å²) in [5, 5.41) is 2.94. The first kappa shape index (κ1) is 36.7. The predicted molar refractivity (Wildman–Crippen MR) is 229 cm³/mol. The molecule has 282 valence electrons. The van der Waals surface area contributed by atoms with Gasteiger partial charge in [0.1, 0.15) is 5.82 Å². The van der Waals surface area contributed by atoms with Gasteiger partial charge in [-0.3, -0.25) is 9.36 Å². The Morgan fingerprint density at radius 1 is 1.04 bits per heavy atom. The summed E-state index contributed by atoms with van der Waals surface area (Å²) in [6, 6.07) is 22.5. The van der Waals surface area contributed by atoms with Gasteiger partial charge >= 0.3 is 0 Å². The monoisotopic (exact) mass is 802 g/mol. The first-order valence-corrected chi connectivity index (χ1v) is 22.3. The number of thioether (sulfide) groups is 1. The molecule has 1 spiro atoms. The Labute approximate surface area is 334 Å². The Morgan fingerprint density at radius 3 is 2.59 bits per heavy atom. The van der Waals surface area contributed by atoms with E-state index < -0.39 is 0 Å². The maximum atomic E-state index is 13.5. The minimum Gasteiger partial charge on any atom is -0.324 e. The number of allylic oxidation sites excluding steroid dienone is 2. The van der Waals surface area contributed by atoms with Gasteiger partial charge in [0.25, 0.3) is 5.56 Å². The Balaban J connectivity index is 0.871. The smallest absolute Gasteiger partial charge is 0.281 e. The van der Waals surface area contributed by atoms with Gasteiger partial charge in [-0.15, -0.1) is 0 Å². The highest BCUT2D eigenvalue weighted by atomic mass is 79.9. The van der Waals surface area contributed by atoms with E-state index >= 15 is 0 Å². The maximum Gasteiger partial charge on any atom is 0.281 e. The molecular formula is C47H55BrN4OS. The fourth-order valence-corrected chi connectivity index (χ4v) is 12.3. The predicted octanol–water partition coefficient (Wildman–Crippen LogP) is 11.1. The molecule has 4 heterocycles. The van der Waals surface area contributed by atoms with Crippen molar-refractivity contribution in [2.24, 2.45) is 29.4 Å². The highest BCUT2D eigenvalue weighted by Gasteiger charge is 2.62. The van der Waals surface area contributed by atoms with Crippen molar-refractivity contribution in [3.8, 4) is 5.69 Å². The Morgan fingerprint density at radius 2 is 1.81 bits per heavy atom. The third kappa shape index (κ3) is 6.69. The Hall–Kier alpha value is -2.97. The lowest BCUT2D eigenvalue weighted by molar-refractivity contribution is 0.181. The topological polar surface area (TPSA) is 64.2 Å². The first-order valence-electron chi connectivity index (χ1n) is 20.7. The summed E-state index contributed by atoms with van der Waals surface area (Å²) in [7, 11) is 0. The quantitative estimate of drug-likeness (QED) is 0.192. The molecule has 3 aliphatic heterocycles. The lowest BCUT2D eigenvalue weighted by Crippen LogP contribution is -2.37. The van der Waals surface area contributed by atoms with E-state index in [1.807, 2.05) is 17.8 Å². The average molecular weight is 804 g/mol. The number of hydrogen-bond acceptors (Lipinski definition) is 5. The highest BCUT2D eigenvalue weighted by Crippen LogP contribution is 2.64. The van der Waals surface area contributed by atoms with Gasteiger partial charge in [0.15, 0.2) is 0 Å². The van der Waals surface area contributed by atoms with Gasteiger partial charge in [-0.1, -0.05) is 105 Å². The molecule has 0 bridgehead atoms. The van der Waals surface area contributed by atoms with Crippen LogP contribution < -0.4 is 11.3 Å². The molecule has 3 aromatic carbocycles. The van der Waals surface area contributed by atoms with Gasteiger partial charge in [-0.25, -0.2) is 0 Å². The van der Waals surface area contributed by atoms with Gasteiger partial charge < -0.3 is 10.6 Å². The third-order valence-electron chi connectivity index (χ3n) is 14.0. The second-order valence-electron chi connectivity index (χ2n) is 17.6. The van der Waals surface area contributed by atoms with Crippen molar-refractivity contribution in [2.45, 2.75) is 102 Å². The van der Waals surface area contributed by atoms with Crippen LogP contribution in [0.3, 0.4) is 0 Å². The second-order valence-corrected chi connectivity index (χ2v) is 19.3. The van der Waals surface area contributed by atoms with Crippen LogP contribution >= 0.6 is 27.7 Å². The molecule has 1 saturated heterocycles. The van der Waals surface area contributed by atoms with Crippen LogP contribution in [0.4, 0.5) is 0 Å². The van der Waals surface area contributed by atoms with Gasteiger partial charge in [0, 0.05) is 27.4 Å². The van der Waals surface area contributed by atoms with E-state index in [9.17, 15) is 4.79 Å². The molecule has 2 N–H and O–H groups in total. The molecule has 9 rings (SSSR count). The van der Waals surface area contributed by atoms with Crippen molar-refractivity contribution < 1.29 is 0 Å². The number of hydrogen-bond donors (Lipinski definition) is 1. The second kappa shape index (κ2) is 14.8. The molecule has 2 aliphatic carbocycles. The Bertz CT molecular complexity index is 2180. The first-order chi connectivity index (χ1) is 26.2. The zero-order chi connectivity index (χ0) is 37.1. The number of aromatic nitrogens is 2. The van der Waals surface area contributed by atoms with Crippen LogP contribution in [0.15, 0.2) is 87.0 Å². The average Bonchev–Trinajstić information content (AvgIpc) is 3.67. The van der Waals surface area contributed by atoms with Crippen molar-refractivity contribution in [1.82, 2.24) is 14.5 Å². The Kier molecular flexibility index (Phi) is 10.1. The summed E-state index contributed by atoms with van der Waals surface area (Å²) >= 11 is 5.53. The molecular weight excluding hydrogens is 749 g/mol. The number of nitrogens with two attached hydrogens (primary N) is 1. The molecule has 3 fully saturated rings. The van der Waals surface area contributed by atoms with Crippen LogP contribution in [0.5, 0.6) is 0 Å². The van der Waals surface area contributed by atoms with E-state index in [2.05, 4.69) is 112 Å². The van der Waals surface area contributed by atoms with Gasteiger partial charge in [-0.2, -0.15) is 4.98 Å². The third-order valence-corrected chi connectivity index (χ3v) is 15.8. The molecule has 5 nitrogen and oxygen atoms in total. The molecule has 4 aromatic rings. The van der Waals surface area contributed by atoms with Crippen LogP contribution in [0.1, 0.15) is 119 Å².